The number of hydrogen-bond acceptors (Lipinski definition) is 5. The fraction of sp³-hybridized carbons (Fsp3) is 0.310. The Labute approximate surface area is 342 Å². The quantitative estimate of drug-likeness (QED) is 0.128. The number of hydrogen-bond donors (Lipinski definition) is 3. The molecule has 2 fully saturated rings. The van der Waals surface area contributed by atoms with Gasteiger partial charge in [0.1, 0.15) is 17.7 Å². The molecule has 0 saturated carbocycles. The van der Waals surface area contributed by atoms with Crippen LogP contribution >= 0.6 is 49.6 Å². The van der Waals surface area contributed by atoms with Crippen molar-refractivity contribution in [1.82, 2.24) is 35.1 Å². The summed E-state index contributed by atoms with van der Waals surface area (Å²) >= 11 is 0. The highest BCUT2D eigenvalue weighted by Gasteiger charge is 2.38. The average molecular weight is 810 g/mol. The summed E-state index contributed by atoms with van der Waals surface area (Å²) in [5.41, 5.74) is 7.63. The van der Waals surface area contributed by atoms with Gasteiger partial charge in [0.15, 0.2) is 0 Å². The summed E-state index contributed by atoms with van der Waals surface area (Å²) in [5, 5.41) is 5.93. The molecule has 12 heteroatoms. The van der Waals surface area contributed by atoms with Crippen LogP contribution in [0.1, 0.15) is 74.9 Å². The maximum atomic E-state index is 14.2. The molecule has 6 aromatic rings. The van der Waals surface area contributed by atoms with Crippen LogP contribution < -0.4 is 5.32 Å². The number of carbonyl (C=O) groups excluding carboxylic acids is 1. The second kappa shape index (κ2) is 19.1. The molecular formula is C42H49Cl4N7O. The van der Waals surface area contributed by atoms with Crippen molar-refractivity contribution in [2.45, 2.75) is 57.7 Å². The molecule has 0 bridgehead atoms. The maximum Gasteiger partial charge on any atom is 0.245 e. The van der Waals surface area contributed by atoms with Crippen LogP contribution in [-0.4, -0.2) is 61.8 Å². The van der Waals surface area contributed by atoms with Gasteiger partial charge in [-0.15, -0.1) is 49.6 Å². The van der Waals surface area contributed by atoms with E-state index in [4.69, 9.17) is 4.98 Å². The Kier molecular flexibility index (Phi) is 15.2. The Morgan fingerprint density at radius 1 is 0.722 bits per heavy atom. The average Bonchev–Trinajstić information content (AvgIpc) is 4.01. The predicted octanol–water partition coefficient (Wildman–Crippen LogP) is 10.1. The molecule has 4 heterocycles. The molecule has 2 aliphatic heterocycles. The van der Waals surface area contributed by atoms with Crippen LogP contribution in [0.15, 0.2) is 103 Å². The van der Waals surface area contributed by atoms with Gasteiger partial charge in [0.2, 0.25) is 5.91 Å². The summed E-state index contributed by atoms with van der Waals surface area (Å²) in [6, 6.07) is 32.1. The van der Waals surface area contributed by atoms with Crippen molar-refractivity contribution in [2.75, 3.05) is 26.2 Å². The number of rotatable bonds is 10. The highest BCUT2D eigenvalue weighted by atomic mass is 35.5. The number of benzene rings is 4. The lowest BCUT2D eigenvalue weighted by Crippen LogP contribution is -2.43. The van der Waals surface area contributed by atoms with Crippen LogP contribution in [0.25, 0.3) is 44.4 Å². The number of aromatic nitrogens is 4. The number of likely N-dealkylation sites (N-methyl/N-ethyl adjacent to an activating group) is 1. The molecular weight excluding hydrogens is 760 g/mol. The number of H-pyrrole nitrogens is 2. The Morgan fingerprint density at radius 3 is 1.98 bits per heavy atom. The van der Waals surface area contributed by atoms with E-state index in [1.165, 1.54) is 22.8 Å². The molecule has 3 atom stereocenters. The van der Waals surface area contributed by atoms with Crippen LogP contribution in [0.2, 0.25) is 0 Å². The molecule has 2 aliphatic rings. The summed E-state index contributed by atoms with van der Waals surface area (Å²) in [6.07, 6.45) is 8.06. The van der Waals surface area contributed by atoms with Gasteiger partial charge in [0.05, 0.1) is 35.9 Å². The van der Waals surface area contributed by atoms with Crippen molar-refractivity contribution in [3.05, 3.63) is 121 Å². The van der Waals surface area contributed by atoms with Gasteiger partial charge in [-0.1, -0.05) is 92.7 Å². The lowest BCUT2D eigenvalue weighted by atomic mass is 9.98. The number of nitrogens with one attached hydrogen (secondary N) is 3. The summed E-state index contributed by atoms with van der Waals surface area (Å²) in [4.78, 5) is 35.1. The molecule has 3 N–H and O–H groups in total. The lowest BCUT2D eigenvalue weighted by molar-refractivity contribution is -0.138. The van der Waals surface area contributed by atoms with Crippen LogP contribution in [-0.2, 0) is 4.79 Å². The molecule has 286 valence electrons. The summed E-state index contributed by atoms with van der Waals surface area (Å²) in [5.74, 6) is 2.04. The number of carbonyl (C=O) groups is 1. The first-order valence-electron chi connectivity index (χ1n) is 18.2. The van der Waals surface area contributed by atoms with E-state index in [1.54, 1.807) is 0 Å². The number of imidazole rings is 2. The van der Waals surface area contributed by atoms with Gasteiger partial charge in [-0.2, -0.15) is 0 Å². The van der Waals surface area contributed by atoms with E-state index in [2.05, 4.69) is 112 Å². The van der Waals surface area contributed by atoms with Gasteiger partial charge in [0, 0.05) is 12.1 Å². The number of nitrogens with zero attached hydrogens (tertiary/aromatic N) is 4. The number of aromatic amines is 2. The van der Waals surface area contributed by atoms with E-state index in [0.29, 0.717) is 6.04 Å². The first kappa shape index (κ1) is 42.8. The molecule has 1 amide bonds. The molecule has 8 nitrogen and oxygen atoms in total. The monoisotopic (exact) mass is 807 g/mol. The van der Waals surface area contributed by atoms with Crippen LogP contribution in [0.5, 0.6) is 0 Å². The third-order valence-corrected chi connectivity index (χ3v) is 10.6. The number of halogens is 4. The standard InChI is InChI=1S/C42H45N7O.4ClH/c1-3-48(4-2)39(30-10-6-5-7-11-30)42(50)49-23-9-13-38(49)41-45-26-36(47-41)29-16-14-28(15-17-29)31-18-19-33-25-34(21-20-32(33)24-31)37-27-44-40(46-37)35-12-8-22-43-35;;;;/h5-7,10-11,14-21,24-27,35,38-39,43H,3-4,8-9,12-13,22-23H2,1-2H3,(H,44,46)(H,45,47);4*1H/t35-,38-,39+;;;;/m0..../s1. The van der Waals surface area contributed by atoms with Crippen molar-refractivity contribution in [3.8, 4) is 33.6 Å². The number of likely N-dealkylation sites (tertiary alicyclic amines) is 1. The molecule has 0 spiro atoms. The van der Waals surface area contributed by atoms with Gasteiger partial charge < -0.3 is 20.2 Å². The van der Waals surface area contributed by atoms with Crippen molar-refractivity contribution in [3.63, 3.8) is 0 Å². The Bertz CT molecular complexity index is 2090. The van der Waals surface area contributed by atoms with Gasteiger partial charge in [-0.05, 0) is 90.5 Å². The second-order valence-corrected chi connectivity index (χ2v) is 13.6. The molecule has 0 aliphatic carbocycles. The molecule has 2 aromatic heterocycles. The Hall–Kier alpha value is -3.89. The topological polar surface area (TPSA) is 92.9 Å². The van der Waals surface area contributed by atoms with Crippen molar-refractivity contribution >= 4 is 66.3 Å². The van der Waals surface area contributed by atoms with Crippen LogP contribution in [0, 0.1) is 0 Å². The highest BCUT2D eigenvalue weighted by molar-refractivity contribution is 5.91. The van der Waals surface area contributed by atoms with E-state index in [9.17, 15) is 4.79 Å². The molecule has 8 rings (SSSR count). The van der Waals surface area contributed by atoms with Gasteiger partial charge in [0.25, 0.3) is 0 Å². The summed E-state index contributed by atoms with van der Waals surface area (Å²) in [7, 11) is 0. The number of amides is 1. The molecule has 0 radical (unpaired) electrons. The Balaban J connectivity index is 0.00000162. The normalized spacial score (nSPS) is 17.0. The predicted molar refractivity (Wildman–Crippen MR) is 229 cm³/mol. The zero-order valence-electron chi connectivity index (χ0n) is 30.5. The van der Waals surface area contributed by atoms with E-state index < -0.39 is 0 Å². The van der Waals surface area contributed by atoms with Crippen LogP contribution in [0.4, 0.5) is 0 Å². The van der Waals surface area contributed by atoms with Crippen molar-refractivity contribution < 1.29 is 4.79 Å². The number of fused-ring (bicyclic) bond motifs is 1. The third kappa shape index (κ3) is 8.65. The zero-order chi connectivity index (χ0) is 34.0. The SMILES string of the molecule is CCN(CC)[C@@H](C(=O)N1CCC[C@H]1c1ncc(-c2ccc(-c3ccc4cc(-c5cnc([C@@H]6CCCN6)[nH]5)ccc4c3)cc2)[nH]1)c1ccccc1.Cl.Cl.Cl.Cl. The largest absolute Gasteiger partial charge is 0.341 e. The molecule has 2 saturated heterocycles. The Morgan fingerprint density at radius 2 is 1.31 bits per heavy atom. The van der Waals surface area contributed by atoms with E-state index >= 15 is 0 Å². The minimum Gasteiger partial charge on any atom is -0.341 e. The van der Waals surface area contributed by atoms with Gasteiger partial charge >= 0.3 is 0 Å². The lowest BCUT2D eigenvalue weighted by Gasteiger charge is -2.34. The van der Waals surface area contributed by atoms with E-state index in [-0.39, 0.29) is 67.6 Å². The highest BCUT2D eigenvalue weighted by Crippen LogP contribution is 2.36. The third-order valence-electron chi connectivity index (χ3n) is 10.6. The van der Waals surface area contributed by atoms with Crippen molar-refractivity contribution in [2.24, 2.45) is 0 Å². The van der Waals surface area contributed by atoms with Gasteiger partial charge in [-0.3, -0.25) is 9.69 Å². The smallest absolute Gasteiger partial charge is 0.245 e. The van der Waals surface area contributed by atoms with Gasteiger partial charge in [-0.25, -0.2) is 9.97 Å². The molecule has 0 unspecified atom stereocenters. The maximum absolute atomic E-state index is 14.2. The fourth-order valence-electron chi connectivity index (χ4n) is 7.87. The van der Waals surface area contributed by atoms with Crippen molar-refractivity contribution in [1.29, 1.82) is 0 Å². The zero-order valence-corrected chi connectivity index (χ0v) is 33.8. The minimum atomic E-state index is -0.297. The second-order valence-electron chi connectivity index (χ2n) is 13.6. The van der Waals surface area contributed by atoms with E-state index in [1.807, 2.05) is 35.5 Å². The molecule has 54 heavy (non-hydrogen) atoms. The fourth-order valence-corrected chi connectivity index (χ4v) is 7.87. The van der Waals surface area contributed by atoms with E-state index in [0.717, 1.165) is 90.7 Å². The molecule has 4 aromatic carbocycles. The minimum absolute atomic E-state index is 0. The first-order chi connectivity index (χ1) is 24.6. The summed E-state index contributed by atoms with van der Waals surface area (Å²) in [6.45, 7) is 7.68. The first-order valence-corrected chi connectivity index (χ1v) is 18.2. The summed E-state index contributed by atoms with van der Waals surface area (Å²) < 4.78 is 0. The van der Waals surface area contributed by atoms with Crippen LogP contribution in [0.3, 0.4) is 0 Å².